The first-order valence-electron chi connectivity index (χ1n) is 6.08. The Hall–Kier alpha value is -2.31. The lowest BCUT2D eigenvalue weighted by molar-refractivity contribution is -0.139. The maximum Gasteiger partial charge on any atom is 0.326 e. The van der Waals surface area contributed by atoms with E-state index in [0.717, 1.165) is 12.1 Å². The fraction of sp³-hybridized carbons (Fsp3) is 0.385. The standard InChI is InChI=1S/C13H17FN2O4/c1-7(2)5-10(12(18)19)16-13(20)15-8-3-4-11(17)9(14)6-8/h3-4,6-7,10,17H,5H2,1-2H3,(H,18,19)(H2,15,16,20). The van der Waals surface area contributed by atoms with Crippen LogP contribution in [0.4, 0.5) is 14.9 Å². The van der Waals surface area contributed by atoms with Gasteiger partial charge in [0.1, 0.15) is 6.04 Å². The van der Waals surface area contributed by atoms with Crippen molar-refractivity contribution < 1.29 is 24.2 Å². The number of benzene rings is 1. The molecule has 6 nitrogen and oxygen atoms in total. The minimum atomic E-state index is -1.13. The first-order valence-corrected chi connectivity index (χ1v) is 6.08. The number of carbonyl (C=O) groups excluding carboxylic acids is 1. The molecule has 0 fully saturated rings. The molecule has 1 aromatic rings. The van der Waals surface area contributed by atoms with Gasteiger partial charge in [-0.25, -0.2) is 14.0 Å². The van der Waals surface area contributed by atoms with E-state index < -0.39 is 29.6 Å². The lowest BCUT2D eigenvalue weighted by Crippen LogP contribution is -2.43. The molecule has 110 valence electrons. The van der Waals surface area contributed by atoms with E-state index in [1.807, 2.05) is 13.8 Å². The van der Waals surface area contributed by atoms with Gasteiger partial charge in [-0.2, -0.15) is 0 Å². The van der Waals surface area contributed by atoms with Gasteiger partial charge >= 0.3 is 12.0 Å². The number of hydrogen-bond donors (Lipinski definition) is 4. The Bertz CT molecular complexity index is 505. The Kier molecular flexibility index (Phi) is 5.31. The fourth-order valence-electron chi connectivity index (χ4n) is 1.60. The number of carbonyl (C=O) groups is 2. The first-order chi connectivity index (χ1) is 9.29. The summed E-state index contributed by atoms with van der Waals surface area (Å²) in [6.07, 6.45) is 0.284. The normalized spacial score (nSPS) is 12.0. The van der Waals surface area contributed by atoms with Crippen molar-refractivity contribution in [3.63, 3.8) is 0 Å². The number of phenolic OH excluding ortho intramolecular Hbond substituents is 1. The molecule has 0 spiro atoms. The molecular weight excluding hydrogens is 267 g/mol. The molecule has 0 bridgehead atoms. The molecule has 0 aliphatic rings. The zero-order valence-corrected chi connectivity index (χ0v) is 11.2. The summed E-state index contributed by atoms with van der Waals surface area (Å²) in [4.78, 5) is 22.6. The summed E-state index contributed by atoms with van der Waals surface area (Å²) in [6.45, 7) is 3.68. The van der Waals surface area contributed by atoms with Gasteiger partial charge < -0.3 is 20.8 Å². The molecule has 1 aromatic carbocycles. The van der Waals surface area contributed by atoms with E-state index in [4.69, 9.17) is 10.2 Å². The molecule has 20 heavy (non-hydrogen) atoms. The third-order valence-corrected chi connectivity index (χ3v) is 2.52. The van der Waals surface area contributed by atoms with Crippen LogP contribution in [0.3, 0.4) is 0 Å². The largest absolute Gasteiger partial charge is 0.505 e. The summed E-state index contributed by atoms with van der Waals surface area (Å²) in [7, 11) is 0. The van der Waals surface area contributed by atoms with Crippen LogP contribution in [0.5, 0.6) is 5.75 Å². The molecule has 0 saturated carbocycles. The predicted octanol–water partition coefficient (Wildman–Crippen LogP) is 2.15. The Morgan fingerprint density at radius 2 is 2.00 bits per heavy atom. The van der Waals surface area contributed by atoms with Crippen molar-refractivity contribution in [1.29, 1.82) is 0 Å². The number of nitrogens with one attached hydrogen (secondary N) is 2. The molecule has 0 aliphatic carbocycles. The highest BCUT2D eigenvalue weighted by Crippen LogP contribution is 2.19. The van der Waals surface area contributed by atoms with Gasteiger partial charge in [-0.15, -0.1) is 0 Å². The van der Waals surface area contributed by atoms with Crippen molar-refractivity contribution in [3.05, 3.63) is 24.0 Å². The van der Waals surface area contributed by atoms with Crippen LogP contribution >= 0.6 is 0 Å². The Morgan fingerprint density at radius 3 is 2.50 bits per heavy atom. The minimum Gasteiger partial charge on any atom is -0.505 e. The number of aliphatic carboxylic acids is 1. The zero-order valence-electron chi connectivity index (χ0n) is 11.2. The monoisotopic (exact) mass is 284 g/mol. The van der Waals surface area contributed by atoms with Crippen molar-refractivity contribution in [1.82, 2.24) is 5.32 Å². The van der Waals surface area contributed by atoms with Gasteiger partial charge in [0.2, 0.25) is 0 Å². The van der Waals surface area contributed by atoms with Gasteiger partial charge in [-0.1, -0.05) is 13.8 Å². The first kappa shape index (κ1) is 15.7. The van der Waals surface area contributed by atoms with Crippen molar-refractivity contribution in [2.45, 2.75) is 26.3 Å². The second-order valence-electron chi connectivity index (χ2n) is 4.79. The Labute approximate surface area is 115 Å². The Balaban J connectivity index is 2.65. The Morgan fingerprint density at radius 1 is 1.35 bits per heavy atom. The molecule has 1 atom stereocenters. The fourth-order valence-corrected chi connectivity index (χ4v) is 1.60. The number of urea groups is 1. The van der Waals surface area contributed by atoms with Gasteiger partial charge in [0.25, 0.3) is 0 Å². The van der Waals surface area contributed by atoms with E-state index >= 15 is 0 Å². The van der Waals surface area contributed by atoms with E-state index in [2.05, 4.69) is 10.6 Å². The van der Waals surface area contributed by atoms with Crippen LogP contribution < -0.4 is 10.6 Å². The van der Waals surface area contributed by atoms with Gasteiger partial charge in [0.05, 0.1) is 0 Å². The van der Waals surface area contributed by atoms with Crippen molar-refractivity contribution in [3.8, 4) is 5.75 Å². The molecule has 0 radical (unpaired) electrons. The van der Waals surface area contributed by atoms with Gasteiger partial charge in [0, 0.05) is 11.8 Å². The van der Waals surface area contributed by atoms with E-state index in [1.165, 1.54) is 6.07 Å². The van der Waals surface area contributed by atoms with Crippen molar-refractivity contribution >= 4 is 17.7 Å². The maximum atomic E-state index is 13.1. The third kappa shape index (κ3) is 4.75. The second kappa shape index (κ2) is 6.74. The van der Waals surface area contributed by atoms with Crippen LogP contribution in [0, 0.1) is 11.7 Å². The summed E-state index contributed by atoms with van der Waals surface area (Å²) >= 11 is 0. The van der Waals surface area contributed by atoms with E-state index in [9.17, 15) is 14.0 Å². The molecule has 0 aliphatic heterocycles. The number of amides is 2. The van der Waals surface area contributed by atoms with Crippen molar-refractivity contribution in [2.75, 3.05) is 5.32 Å². The summed E-state index contributed by atoms with van der Waals surface area (Å²) in [5.74, 6) is -2.44. The average Bonchev–Trinajstić information content (AvgIpc) is 2.32. The summed E-state index contributed by atoms with van der Waals surface area (Å²) in [5, 5.41) is 22.6. The highest BCUT2D eigenvalue weighted by atomic mass is 19.1. The molecule has 4 N–H and O–H groups in total. The molecule has 1 rings (SSSR count). The lowest BCUT2D eigenvalue weighted by atomic mass is 10.0. The van der Waals surface area contributed by atoms with E-state index in [0.29, 0.717) is 0 Å². The van der Waals surface area contributed by atoms with E-state index in [1.54, 1.807) is 0 Å². The van der Waals surface area contributed by atoms with Crippen LogP contribution in [0.25, 0.3) is 0 Å². The number of aromatic hydroxyl groups is 1. The molecule has 7 heteroatoms. The van der Waals surface area contributed by atoms with Crippen LogP contribution in [-0.4, -0.2) is 28.3 Å². The topological polar surface area (TPSA) is 98.7 Å². The molecule has 0 aromatic heterocycles. The number of halogens is 1. The smallest absolute Gasteiger partial charge is 0.326 e. The molecule has 0 heterocycles. The quantitative estimate of drug-likeness (QED) is 0.623. The third-order valence-electron chi connectivity index (χ3n) is 2.52. The van der Waals surface area contributed by atoms with Gasteiger partial charge in [-0.3, -0.25) is 0 Å². The highest BCUT2D eigenvalue weighted by Gasteiger charge is 2.21. The summed E-state index contributed by atoms with van der Waals surface area (Å²) < 4.78 is 13.1. The van der Waals surface area contributed by atoms with Gasteiger partial charge in [0.15, 0.2) is 11.6 Å². The van der Waals surface area contributed by atoms with Crippen molar-refractivity contribution in [2.24, 2.45) is 5.92 Å². The number of rotatable bonds is 5. The van der Waals surface area contributed by atoms with E-state index in [-0.39, 0.29) is 18.0 Å². The highest BCUT2D eigenvalue weighted by molar-refractivity contribution is 5.92. The number of carboxylic acid groups (broad SMARTS) is 1. The number of phenols is 1. The second-order valence-corrected chi connectivity index (χ2v) is 4.79. The van der Waals surface area contributed by atoms with Gasteiger partial charge in [-0.05, 0) is 24.5 Å². The summed E-state index contributed by atoms with van der Waals surface area (Å²) in [6, 6.07) is 1.57. The average molecular weight is 284 g/mol. The molecule has 2 amide bonds. The molecular formula is C13H17FN2O4. The minimum absolute atomic E-state index is 0.0996. The number of hydrogen-bond acceptors (Lipinski definition) is 3. The SMILES string of the molecule is CC(C)CC(NC(=O)Nc1ccc(O)c(F)c1)C(=O)O. The maximum absolute atomic E-state index is 13.1. The van der Waals surface area contributed by atoms with Crippen LogP contribution in [0.15, 0.2) is 18.2 Å². The lowest BCUT2D eigenvalue weighted by Gasteiger charge is -2.17. The van der Waals surface area contributed by atoms with Crippen LogP contribution in [-0.2, 0) is 4.79 Å². The number of carboxylic acids is 1. The molecule has 0 saturated heterocycles. The zero-order chi connectivity index (χ0) is 15.3. The number of anilines is 1. The van der Waals surface area contributed by atoms with Crippen LogP contribution in [0.1, 0.15) is 20.3 Å². The summed E-state index contributed by atoms with van der Waals surface area (Å²) in [5.41, 5.74) is 0.117. The van der Waals surface area contributed by atoms with Crippen LogP contribution in [0.2, 0.25) is 0 Å². The molecule has 1 unspecified atom stereocenters. The predicted molar refractivity (Wildman–Crippen MR) is 71.1 cm³/mol.